The lowest BCUT2D eigenvalue weighted by molar-refractivity contribution is -0.121. The van der Waals surface area contributed by atoms with E-state index >= 15 is 0 Å². The number of unbranched alkanes of at least 4 members (excludes halogenated alkanes) is 2. The lowest BCUT2D eigenvalue weighted by atomic mass is 10.1. The van der Waals surface area contributed by atoms with Gasteiger partial charge in [-0.3, -0.25) is 14.4 Å². The summed E-state index contributed by atoms with van der Waals surface area (Å²) >= 11 is 0. The highest BCUT2D eigenvalue weighted by Gasteiger charge is 2.15. The Labute approximate surface area is 158 Å². The quantitative estimate of drug-likeness (QED) is 0.448. The van der Waals surface area contributed by atoms with Gasteiger partial charge in [-0.15, -0.1) is 0 Å². The molecule has 1 rings (SSSR count). The summed E-state index contributed by atoms with van der Waals surface area (Å²) in [6, 6.07) is 4.47. The number of carbonyl (C=O) groups is 3. The van der Waals surface area contributed by atoms with E-state index in [1.165, 1.54) is 13.0 Å². The molecule has 7 nitrogen and oxygen atoms in total. The van der Waals surface area contributed by atoms with Crippen LogP contribution in [-0.4, -0.2) is 30.4 Å². The van der Waals surface area contributed by atoms with Crippen molar-refractivity contribution in [3.63, 3.8) is 0 Å². The van der Waals surface area contributed by atoms with Crippen molar-refractivity contribution in [2.45, 2.75) is 57.9 Å². The van der Waals surface area contributed by atoms with Gasteiger partial charge in [0.2, 0.25) is 17.7 Å². The number of carbonyl (C=O) groups excluding carboxylic acids is 3. The minimum Gasteiger partial charge on any atom is -0.488 e. The van der Waals surface area contributed by atoms with Gasteiger partial charge in [-0.25, -0.2) is 4.39 Å². The van der Waals surface area contributed by atoms with Crippen LogP contribution >= 0.6 is 0 Å². The smallest absolute Gasteiger partial charge is 0.217 e. The zero-order valence-electron chi connectivity index (χ0n) is 15.6. The van der Waals surface area contributed by atoms with Gasteiger partial charge in [-0.05, 0) is 37.3 Å². The number of nitrogens with one attached hydrogen (secondary N) is 1. The summed E-state index contributed by atoms with van der Waals surface area (Å²) in [6.45, 7) is 1.39. The van der Waals surface area contributed by atoms with Crippen molar-refractivity contribution in [1.82, 2.24) is 5.32 Å². The Morgan fingerprint density at radius 3 is 2.44 bits per heavy atom. The third-order valence-corrected chi connectivity index (χ3v) is 4.00. The van der Waals surface area contributed by atoms with Crippen LogP contribution in [0, 0.1) is 5.82 Å². The van der Waals surface area contributed by atoms with Gasteiger partial charge in [-0.1, -0.05) is 18.6 Å². The normalized spacial score (nSPS) is 11.6. The van der Waals surface area contributed by atoms with Crippen molar-refractivity contribution >= 4 is 17.7 Å². The average Bonchev–Trinajstić information content (AvgIpc) is 2.58. The summed E-state index contributed by atoms with van der Waals surface area (Å²) in [5, 5.41) is 2.67. The van der Waals surface area contributed by atoms with E-state index in [9.17, 15) is 18.8 Å². The maximum absolute atomic E-state index is 14.6. The molecule has 8 heteroatoms. The van der Waals surface area contributed by atoms with Gasteiger partial charge < -0.3 is 21.5 Å². The van der Waals surface area contributed by atoms with Crippen molar-refractivity contribution < 1.29 is 23.5 Å². The molecule has 1 aromatic carbocycles. The third-order valence-electron chi connectivity index (χ3n) is 4.00. The lowest BCUT2D eigenvalue weighted by Crippen LogP contribution is -2.38. The fourth-order valence-corrected chi connectivity index (χ4v) is 2.64. The number of amides is 3. The molecule has 0 bridgehead atoms. The average molecular weight is 381 g/mol. The second kappa shape index (κ2) is 11.9. The molecule has 0 aliphatic carbocycles. The standard InChI is InChI=1S/C19H28FN3O4/c1-13(24)23-15(10-11-18(22)26)12-27-16-8-5-7-14(19(16)20)6-3-2-4-9-17(21)25/h5,7-8,15H,2-4,6,9-12H2,1H3,(H2,21,25)(H2,22,26)(H,23,24)/t15-/m0/s1. The minimum absolute atomic E-state index is 0.0336. The first-order valence-corrected chi connectivity index (χ1v) is 9.03. The number of halogens is 1. The van der Waals surface area contributed by atoms with Crippen LogP contribution < -0.4 is 21.5 Å². The van der Waals surface area contributed by atoms with Gasteiger partial charge in [0.25, 0.3) is 0 Å². The Kier molecular flexibility index (Phi) is 9.85. The van der Waals surface area contributed by atoms with Gasteiger partial charge >= 0.3 is 0 Å². The molecule has 0 saturated carbocycles. The van der Waals surface area contributed by atoms with E-state index in [0.717, 1.165) is 12.8 Å². The van der Waals surface area contributed by atoms with E-state index in [4.69, 9.17) is 16.2 Å². The Hall–Kier alpha value is -2.64. The molecule has 150 valence electrons. The van der Waals surface area contributed by atoms with Crippen LogP contribution in [0.25, 0.3) is 0 Å². The SMILES string of the molecule is CC(=O)N[C@@H](CCC(N)=O)COc1cccc(CCCCCC(N)=O)c1F. The van der Waals surface area contributed by atoms with Crippen molar-refractivity contribution in [3.05, 3.63) is 29.6 Å². The summed E-state index contributed by atoms with van der Waals surface area (Å²) < 4.78 is 20.1. The maximum Gasteiger partial charge on any atom is 0.217 e. The maximum atomic E-state index is 14.6. The molecule has 0 radical (unpaired) electrons. The van der Waals surface area contributed by atoms with Crippen molar-refractivity contribution in [2.75, 3.05) is 6.61 Å². The van der Waals surface area contributed by atoms with Crippen molar-refractivity contribution in [2.24, 2.45) is 11.5 Å². The zero-order chi connectivity index (χ0) is 20.2. The van der Waals surface area contributed by atoms with Gasteiger partial charge in [0, 0.05) is 19.8 Å². The highest BCUT2D eigenvalue weighted by molar-refractivity contribution is 5.75. The lowest BCUT2D eigenvalue weighted by Gasteiger charge is -2.18. The molecule has 0 unspecified atom stereocenters. The Bertz CT molecular complexity index is 652. The van der Waals surface area contributed by atoms with Crippen LogP contribution in [0.2, 0.25) is 0 Å². The molecule has 0 aliphatic rings. The van der Waals surface area contributed by atoms with E-state index in [0.29, 0.717) is 31.2 Å². The number of hydrogen-bond donors (Lipinski definition) is 3. The fourth-order valence-electron chi connectivity index (χ4n) is 2.64. The molecule has 0 aromatic heterocycles. The topological polar surface area (TPSA) is 125 Å². The molecular weight excluding hydrogens is 353 g/mol. The van der Waals surface area contributed by atoms with Crippen molar-refractivity contribution in [1.29, 1.82) is 0 Å². The minimum atomic E-state index is -0.477. The van der Waals surface area contributed by atoms with Gasteiger partial charge in [0.15, 0.2) is 11.6 Å². The summed E-state index contributed by atoms with van der Waals surface area (Å²) in [7, 11) is 0. The van der Waals surface area contributed by atoms with Crippen LogP contribution in [0.4, 0.5) is 4.39 Å². The molecule has 1 aromatic rings. The first kappa shape index (κ1) is 22.4. The molecule has 27 heavy (non-hydrogen) atoms. The third kappa shape index (κ3) is 9.58. The van der Waals surface area contributed by atoms with Gasteiger partial charge in [0.1, 0.15) is 6.61 Å². The van der Waals surface area contributed by atoms with E-state index in [1.807, 2.05) is 0 Å². The van der Waals surface area contributed by atoms with Crippen LogP contribution in [-0.2, 0) is 20.8 Å². The molecule has 0 aliphatic heterocycles. The number of aryl methyl sites for hydroxylation is 1. The Balaban J connectivity index is 2.59. The monoisotopic (exact) mass is 381 g/mol. The largest absolute Gasteiger partial charge is 0.488 e. The Morgan fingerprint density at radius 1 is 1.11 bits per heavy atom. The predicted octanol–water partition coefficient (Wildman–Crippen LogP) is 1.56. The van der Waals surface area contributed by atoms with Gasteiger partial charge in [-0.2, -0.15) is 0 Å². The van der Waals surface area contributed by atoms with E-state index in [-0.39, 0.29) is 30.6 Å². The second-order valence-corrected chi connectivity index (χ2v) is 6.47. The highest BCUT2D eigenvalue weighted by atomic mass is 19.1. The summed E-state index contributed by atoms with van der Waals surface area (Å²) in [6.07, 6.45) is 3.48. The molecule has 0 heterocycles. The first-order chi connectivity index (χ1) is 12.8. The van der Waals surface area contributed by atoms with Crippen molar-refractivity contribution in [3.8, 4) is 5.75 Å². The van der Waals surface area contributed by atoms with E-state index in [2.05, 4.69) is 5.32 Å². The molecule has 0 saturated heterocycles. The molecule has 0 spiro atoms. The highest BCUT2D eigenvalue weighted by Crippen LogP contribution is 2.22. The molecule has 0 fully saturated rings. The molecular formula is C19H28FN3O4. The number of ether oxygens (including phenoxy) is 1. The molecule has 1 atom stereocenters. The summed E-state index contributed by atoms with van der Waals surface area (Å²) in [5.41, 5.74) is 10.7. The number of benzene rings is 1. The summed E-state index contributed by atoms with van der Waals surface area (Å²) in [4.78, 5) is 32.9. The number of hydrogen-bond acceptors (Lipinski definition) is 4. The van der Waals surface area contributed by atoms with E-state index < -0.39 is 17.8 Å². The zero-order valence-corrected chi connectivity index (χ0v) is 15.6. The Morgan fingerprint density at radius 2 is 1.81 bits per heavy atom. The van der Waals surface area contributed by atoms with Crippen LogP contribution in [0.1, 0.15) is 51.0 Å². The molecule has 3 amide bonds. The van der Waals surface area contributed by atoms with Crippen LogP contribution in [0.5, 0.6) is 5.75 Å². The van der Waals surface area contributed by atoms with E-state index in [1.54, 1.807) is 12.1 Å². The first-order valence-electron chi connectivity index (χ1n) is 9.03. The second-order valence-electron chi connectivity index (χ2n) is 6.47. The number of nitrogens with two attached hydrogens (primary N) is 2. The van der Waals surface area contributed by atoms with Crippen LogP contribution in [0.3, 0.4) is 0 Å². The predicted molar refractivity (Wildman–Crippen MR) is 99.3 cm³/mol. The summed E-state index contributed by atoms with van der Waals surface area (Å²) in [5.74, 6) is -1.42. The number of rotatable bonds is 13. The number of primary amides is 2. The fraction of sp³-hybridized carbons (Fsp3) is 0.526. The van der Waals surface area contributed by atoms with Gasteiger partial charge in [0.05, 0.1) is 6.04 Å². The van der Waals surface area contributed by atoms with Crippen LogP contribution in [0.15, 0.2) is 18.2 Å². The molecule has 5 N–H and O–H groups in total.